The Kier molecular flexibility index (Phi) is 2.72. The van der Waals surface area contributed by atoms with E-state index in [0.29, 0.717) is 6.54 Å². The van der Waals surface area contributed by atoms with Crippen LogP contribution in [0.15, 0.2) is 23.6 Å². The molecule has 0 aliphatic carbocycles. The summed E-state index contributed by atoms with van der Waals surface area (Å²) in [5.41, 5.74) is 0. The summed E-state index contributed by atoms with van der Waals surface area (Å²) in [7, 11) is -3.39. The van der Waals surface area contributed by atoms with Gasteiger partial charge in [-0.25, -0.2) is 23.1 Å². The summed E-state index contributed by atoms with van der Waals surface area (Å²) in [6.45, 7) is 2.07. The quantitative estimate of drug-likeness (QED) is 0.709. The van der Waals surface area contributed by atoms with Crippen molar-refractivity contribution in [1.29, 1.82) is 0 Å². The third-order valence-corrected chi connectivity index (χ3v) is 2.68. The van der Waals surface area contributed by atoms with Gasteiger partial charge >= 0.3 is 0 Å². The minimum absolute atomic E-state index is 0.0897. The lowest BCUT2D eigenvalue weighted by Gasteiger charge is -2.01. The molecule has 0 aromatic carbocycles. The van der Waals surface area contributed by atoms with Crippen LogP contribution in [0.4, 0.5) is 0 Å². The fourth-order valence-corrected chi connectivity index (χ4v) is 1.64. The summed E-state index contributed by atoms with van der Waals surface area (Å²) >= 11 is 0. The van der Waals surface area contributed by atoms with Gasteiger partial charge in [0.2, 0.25) is 10.0 Å². The molecule has 1 N–H and O–H groups in total. The van der Waals surface area contributed by atoms with E-state index in [4.69, 9.17) is 0 Å². The summed E-state index contributed by atoms with van der Waals surface area (Å²) in [6, 6.07) is 0. The lowest BCUT2D eigenvalue weighted by molar-refractivity contribution is 0.583. The molecule has 0 spiro atoms. The van der Waals surface area contributed by atoms with E-state index in [9.17, 15) is 8.42 Å². The van der Waals surface area contributed by atoms with Gasteiger partial charge in [0.25, 0.3) is 0 Å². The average molecular weight is 187 g/mol. The van der Waals surface area contributed by atoms with Gasteiger partial charge in [0.15, 0.2) is 0 Å². The Hall–Kier alpha value is -1.01. The van der Waals surface area contributed by atoms with Crippen molar-refractivity contribution in [3.63, 3.8) is 0 Å². The van der Waals surface area contributed by atoms with E-state index in [1.54, 1.807) is 6.92 Å². The molecule has 1 heterocycles. The largest absolute Gasteiger partial charge is 0.243 e. The van der Waals surface area contributed by atoms with Gasteiger partial charge in [-0.3, -0.25) is 0 Å². The number of nitrogens with zero attached hydrogens (tertiary/aromatic N) is 2. The van der Waals surface area contributed by atoms with Gasteiger partial charge in [-0.2, -0.15) is 0 Å². The van der Waals surface area contributed by atoms with Gasteiger partial charge in [0.1, 0.15) is 11.2 Å². The highest BCUT2D eigenvalue weighted by molar-refractivity contribution is 7.89. The van der Waals surface area contributed by atoms with Crippen molar-refractivity contribution in [3.05, 3.63) is 18.7 Å². The number of nitrogens with one attached hydrogen (secondary N) is 1. The zero-order valence-corrected chi connectivity index (χ0v) is 7.37. The van der Waals surface area contributed by atoms with Gasteiger partial charge in [0, 0.05) is 6.54 Å². The second kappa shape index (κ2) is 3.59. The first-order valence-corrected chi connectivity index (χ1v) is 4.90. The van der Waals surface area contributed by atoms with E-state index in [0.717, 1.165) is 0 Å². The number of hydrogen-bond donors (Lipinski definition) is 1. The monoisotopic (exact) mass is 187 g/mol. The third-order valence-electron chi connectivity index (χ3n) is 1.18. The Balaban J connectivity index is 2.99. The average Bonchev–Trinajstić information content (AvgIpc) is 2.06. The Morgan fingerprint density at radius 1 is 1.42 bits per heavy atom. The van der Waals surface area contributed by atoms with Crippen LogP contribution in [0.1, 0.15) is 6.92 Å². The van der Waals surface area contributed by atoms with Crippen molar-refractivity contribution < 1.29 is 8.42 Å². The van der Waals surface area contributed by atoms with E-state index in [2.05, 4.69) is 14.7 Å². The van der Waals surface area contributed by atoms with E-state index in [1.807, 2.05) is 0 Å². The van der Waals surface area contributed by atoms with Crippen molar-refractivity contribution in [2.24, 2.45) is 0 Å². The van der Waals surface area contributed by atoms with Gasteiger partial charge in [-0.1, -0.05) is 6.92 Å². The van der Waals surface area contributed by atoms with Crippen LogP contribution in [-0.2, 0) is 10.0 Å². The molecule has 0 unspecified atom stereocenters. The van der Waals surface area contributed by atoms with Crippen LogP contribution in [0.3, 0.4) is 0 Å². The molecule has 1 aromatic heterocycles. The highest BCUT2D eigenvalue weighted by Crippen LogP contribution is 2.02. The van der Waals surface area contributed by atoms with Gasteiger partial charge in [-0.05, 0) is 0 Å². The summed E-state index contributed by atoms with van der Waals surface area (Å²) in [6.07, 6.45) is 3.79. The van der Waals surface area contributed by atoms with Crippen molar-refractivity contribution in [1.82, 2.24) is 14.7 Å². The molecule has 66 valence electrons. The smallest absolute Gasteiger partial charge is 0.243 e. The van der Waals surface area contributed by atoms with Crippen LogP contribution in [0, 0.1) is 0 Å². The number of sulfonamides is 1. The molecule has 5 nitrogen and oxygen atoms in total. The molecule has 0 aliphatic heterocycles. The minimum atomic E-state index is -3.39. The predicted molar refractivity (Wildman–Crippen MR) is 42.9 cm³/mol. The van der Waals surface area contributed by atoms with Crippen LogP contribution >= 0.6 is 0 Å². The standard InChI is InChI=1S/C6H9N3O2S/c1-2-9-12(10,11)6-3-7-5-8-4-6/h3-5,9H,2H2,1H3. The van der Waals surface area contributed by atoms with Crippen LogP contribution in [0.5, 0.6) is 0 Å². The van der Waals surface area contributed by atoms with Crippen molar-refractivity contribution >= 4 is 10.0 Å². The maximum Gasteiger partial charge on any atom is 0.243 e. The number of rotatable bonds is 3. The molecular weight excluding hydrogens is 178 g/mol. The molecule has 0 bridgehead atoms. The van der Waals surface area contributed by atoms with Crippen LogP contribution < -0.4 is 4.72 Å². The van der Waals surface area contributed by atoms with Crippen molar-refractivity contribution in [2.45, 2.75) is 11.8 Å². The Bertz CT molecular complexity index is 335. The van der Waals surface area contributed by atoms with Crippen molar-refractivity contribution in [3.8, 4) is 0 Å². The fourth-order valence-electron chi connectivity index (χ4n) is 0.698. The Morgan fingerprint density at radius 2 is 2.00 bits per heavy atom. The number of aromatic nitrogens is 2. The first-order valence-electron chi connectivity index (χ1n) is 3.41. The summed E-state index contributed by atoms with van der Waals surface area (Å²) in [5, 5.41) is 0. The topological polar surface area (TPSA) is 72.0 Å². The second-order valence-electron chi connectivity index (χ2n) is 2.08. The Labute approximate surface area is 70.9 Å². The summed E-state index contributed by atoms with van der Waals surface area (Å²) in [5.74, 6) is 0. The maximum atomic E-state index is 11.2. The normalized spacial score (nSPS) is 11.4. The molecule has 0 amide bonds. The molecule has 6 heteroatoms. The molecule has 0 radical (unpaired) electrons. The zero-order chi connectivity index (χ0) is 9.03. The number of hydrogen-bond acceptors (Lipinski definition) is 4. The van der Waals surface area contributed by atoms with E-state index in [1.165, 1.54) is 18.7 Å². The first kappa shape index (κ1) is 9.08. The molecule has 0 fully saturated rings. The van der Waals surface area contributed by atoms with E-state index >= 15 is 0 Å². The van der Waals surface area contributed by atoms with E-state index in [-0.39, 0.29) is 4.90 Å². The molecule has 1 aromatic rings. The molecule has 0 saturated carbocycles. The highest BCUT2D eigenvalue weighted by atomic mass is 32.2. The first-order chi connectivity index (χ1) is 5.67. The zero-order valence-electron chi connectivity index (χ0n) is 6.56. The molecule has 0 aliphatic rings. The van der Waals surface area contributed by atoms with Crippen LogP contribution in [-0.4, -0.2) is 24.9 Å². The molecule has 0 atom stereocenters. The lowest BCUT2D eigenvalue weighted by Crippen LogP contribution is -2.23. The summed E-state index contributed by atoms with van der Waals surface area (Å²) in [4.78, 5) is 7.30. The van der Waals surface area contributed by atoms with Gasteiger partial charge in [0.05, 0.1) is 12.4 Å². The lowest BCUT2D eigenvalue weighted by atomic mass is 10.7. The maximum absolute atomic E-state index is 11.2. The molecule has 0 saturated heterocycles. The summed E-state index contributed by atoms with van der Waals surface area (Å²) < 4.78 is 24.8. The van der Waals surface area contributed by atoms with Gasteiger partial charge < -0.3 is 0 Å². The van der Waals surface area contributed by atoms with Gasteiger partial charge in [-0.15, -0.1) is 0 Å². The molecular formula is C6H9N3O2S. The predicted octanol–water partition coefficient (Wildman–Crippen LogP) is -0.225. The van der Waals surface area contributed by atoms with Crippen LogP contribution in [0.2, 0.25) is 0 Å². The third kappa shape index (κ3) is 1.99. The minimum Gasteiger partial charge on any atom is -0.243 e. The fraction of sp³-hybridized carbons (Fsp3) is 0.333. The van der Waals surface area contributed by atoms with Crippen molar-refractivity contribution in [2.75, 3.05) is 6.54 Å². The second-order valence-corrected chi connectivity index (χ2v) is 3.84. The SMILES string of the molecule is CCNS(=O)(=O)c1cncnc1. The van der Waals surface area contributed by atoms with E-state index < -0.39 is 10.0 Å². The molecule has 1 rings (SSSR count). The highest BCUT2D eigenvalue weighted by Gasteiger charge is 2.11. The van der Waals surface area contributed by atoms with Crippen LogP contribution in [0.25, 0.3) is 0 Å². The Morgan fingerprint density at radius 3 is 2.50 bits per heavy atom. The molecule has 12 heavy (non-hydrogen) atoms.